The van der Waals surface area contributed by atoms with E-state index in [9.17, 15) is 8.42 Å². The summed E-state index contributed by atoms with van der Waals surface area (Å²) in [6.07, 6.45) is 0. The van der Waals surface area contributed by atoms with Gasteiger partial charge in [0, 0.05) is 30.6 Å². The van der Waals surface area contributed by atoms with E-state index in [-0.39, 0.29) is 10.3 Å². The zero-order valence-corrected chi connectivity index (χ0v) is 17.2. The van der Waals surface area contributed by atoms with Gasteiger partial charge in [0.05, 0.1) is 0 Å². The highest BCUT2D eigenvalue weighted by Crippen LogP contribution is 2.32. The minimum Gasteiger partial charge on any atom is -0.379 e. The van der Waals surface area contributed by atoms with Crippen molar-refractivity contribution in [3.05, 3.63) is 66.2 Å². The van der Waals surface area contributed by atoms with Crippen LogP contribution in [0, 0.1) is 0 Å². The van der Waals surface area contributed by atoms with Gasteiger partial charge in [-0.3, -0.25) is 0 Å². The molecule has 0 spiro atoms. The number of fused-ring (bicyclic) bond motifs is 1. The molecule has 0 aliphatic carbocycles. The van der Waals surface area contributed by atoms with Crippen molar-refractivity contribution in [2.45, 2.75) is 31.1 Å². The molecule has 0 radical (unpaired) electrons. The van der Waals surface area contributed by atoms with Crippen molar-refractivity contribution >= 4 is 26.6 Å². The van der Waals surface area contributed by atoms with Gasteiger partial charge in [0.15, 0.2) is 0 Å². The maximum Gasteiger partial charge on any atom is 0.339 e. The van der Waals surface area contributed by atoms with E-state index < -0.39 is 10.1 Å². The second-order valence-electron chi connectivity index (χ2n) is 7.83. The Kier molecular flexibility index (Phi) is 4.91. The molecular formula is C22H25NO3S. The van der Waals surface area contributed by atoms with E-state index in [2.05, 4.69) is 20.8 Å². The molecule has 3 aromatic rings. The summed E-state index contributed by atoms with van der Waals surface area (Å²) in [5.41, 5.74) is 2.07. The SMILES string of the molecule is CN(C)c1cccc2c(S(=O)(=O)Oc3ccc(C(C)(C)C)cc3)cccc12. The average molecular weight is 384 g/mol. The summed E-state index contributed by atoms with van der Waals surface area (Å²) in [6.45, 7) is 6.33. The Hall–Kier alpha value is -2.53. The van der Waals surface area contributed by atoms with Crippen molar-refractivity contribution in [2.24, 2.45) is 0 Å². The molecule has 3 aromatic carbocycles. The standard InChI is InChI=1S/C22H25NO3S/c1-22(2,3)16-12-14-17(15-13-16)26-27(24,25)21-11-7-8-18-19(21)9-6-10-20(18)23(4)5/h6-15H,1-5H3. The third kappa shape index (κ3) is 3.93. The van der Waals surface area contributed by atoms with Crippen molar-refractivity contribution in [2.75, 3.05) is 19.0 Å². The maximum atomic E-state index is 12.9. The van der Waals surface area contributed by atoms with Gasteiger partial charge in [-0.1, -0.05) is 57.2 Å². The lowest BCUT2D eigenvalue weighted by atomic mass is 9.87. The Labute approximate surface area is 161 Å². The highest BCUT2D eigenvalue weighted by atomic mass is 32.2. The predicted molar refractivity (Wildman–Crippen MR) is 111 cm³/mol. The Morgan fingerprint density at radius 3 is 2.00 bits per heavy atom. The second kappa shape index (κ2) is 6.89. The lowest BCUT2D eigenvalue weighted by Crippen LogP contribution is -2.13. The van der Waals surface area contributed by atoms with Crippen LogP contribution in [0.3, 0.4) is 0 Å². The predicted octanol–water partition coefficient (Wildman–Crippen LogP) is 4.97. The number of nitrogens with zero attached hydrogens (tertiary/aromatic N) is 1. The van der Waals surface area contributed by atoms with Crippen molar-refractivity contribution in [3.8, 4) is 5.75 Å². The molecular weight excluding hydrogens is 358 g/mol. The van der Waals surface area contributed by atoms with Crippen LogP contribution in [-0.4, -0.2) is 22.5 Å². The fourth-order valence-electron chi connectivity index (χ4n) is 3.05. The molecule has 0 unspecified atom stereocenters. The molecule has 0 saturated carbocycles. The molecule has 4 nitrogen and oxygen atoms in total. The second-order valence-corrected chi connectivity index (χ2v) is 9.35. The van der Waals surface area contributed by atoms with E-state index in [1.807, 2.05) is 49.3 Å². The summed E-state index contributed by atoms with van der Waals surface area (Å²) >= 11 is 0. The third-order valence-corrected chi connectivity index (χ3v) is 5.84. The van der Waals surface area contributed by atoms with Crippen LogP contribution in [0.2, 0.25) is 0 Å². The van der Waals surface area contributed by atoms with E-state index in [1.54, 1.807) is 30.3 Å². The minimum absolute atomic E-state index is 0.00435. The fourth-order valence-corrected chi connectivity index (χ4v) is 4.20. The van der Waals surface area contributed by atoms with Crippen LogP contribution in [0.25, 0.3) is 10.8 Å². The van der Waals surface area contributed by atoms with Gasteiger partial charge in [-0.2, -0.15) is 8.42 Å². The molecule has 0 aliphatic rings. The molecule has 0 heterocycles. The molecule has 0 fully saturated rings. The van der Waals surface area contributed by atoms with E-state index >= 15 is 0 Å². The van der Waals surface area contributed by atoms with Crippen molar-refractivity contribution < 1.29 is 12.6 Å². The summed E-state index contributed by atoms with van der Waals surface area (Å²) in [6, 6.07) is 18.1. The van der Waals surface area contributed by atoms with Crippen LogP contribution in [0.4, 0.5) is 5.69 Å². The van der Waals surface area contributed by atoms with Crippen molar-refractivity contribution in [1.29, 1.82) is 0 Å². The van der Waals surface area contributed by atoms with Gasteiger partial charge >= 0.3 is 10.1 Å². The quantitative estimate of drug-likeness (QED) is 0.597. The van der Waals surface area contributed by atoms with E-state index in [0.29, 0.717) is 11.1 Å². The normalized spacial score (nSPS) is 12.2. The number of hydrogen-bond donors (Lipinski definition) is 0. The first kappa shape index (κ1) is 19.2. The lowest BCUT2D eigenvalue weighted by molar-refractivity contribution is 0.486. The van der Waals surface area contributed by atoms with Gasteiger partial charge in [0.1, 0.15) is 10.6 Å². The monoisotopic (exact) mass is 383 g/mol. The number of rotatable bonds is 4. The summed E-state index contributed by atoms with van der Waals surface area (Å²) in [5, 5.41) is 1.52. The topological polar surface area (TPSA) is 46.6 Å². The van der Waals surface area contributed by atoms with Crippen LogP contribution >= 0.6 is 0 Å². The number of anilines is 1. The zero-order valence-electron chi connectivity index (χ0n) is 16.4. The van der Waals surface area contributed by atoms with Gasteiger partial charge in [-0.05, 0) is 35.2 Å². The van der Waals surface area contributed by atoms with E-state index in [1.165, 1.54) is 0 Å². The maximum absolute atomic E-state index is 12.9. The first-order valence-electron chi connectivity index (χ1n) is 8.84. The lowest BCUT2D eigenvalue weighted by Gasteiger charge is -2.19. The molecule has 3 rings (SSSR count). The van der Waals surface area contributed by atoms with Crippen LogP contribution in [0.15, 0.2) is 65.6 Å². The smallest absolute Gasteiger partial charge is 0.339 e. The van der Waals surface area contributed by atoms with Crippen molar-refractivity contribution in [1.82, 2.24) is 0 Å². The number of benzene rings is 3. The van der Waals surface area contributed by atoms with Crippen LogP contribution in [0.5, 0.6) is 5.75 Å². The van der Waals surface area contributed by atoms with Gasteiger partial charge in [0.2, 0.25) is 0 Å². The summed E-state index contributed by atoms with van der Waals surface area (Å²) in [5.74, 6) is 0.309. The Bertz CT molecular complexity index is 1060. The largest absolute Gasteiger partial charge is 0.379 e. The Morgan fingerprint density at radius 2 is 1.41 bits per heavy atom. The van der Waals surface area contributed by atoms with Crippen molar-refractivity contribution in [3.63, 3.8) is 0 Å². The molecule has 0 atom stereocenters. The van der Waals surface area contributed by atoms with E-state index in [0.717, 1.165) is 16.6 Å². The molecule has 0 bridgehead atoms. The fraction of sp³-hybridized carbons (Fsp3) is 0.273. The van der Waals surface area contributed by atoms with E-state index in [4.69, 9.17) is 4.18 Å². The molecule has 0 saturated heterocycles. The number of hydrogen-bond acceptors (Lipinski definition) is 4. The molecule has 27 heavy (non-hydrogen) atoms. The third-order valence-electron chi connectivity index (χ3n) is 4.54. The molecule has 5 heteroatoms. The first-order chi connectivity index (χ1) is 12.6. The highest BCUT2D eigenvalue weighted by molar-refractivity contribution is 7.87. The highest BCUT2D eigenvalue weighted by Gasteiger charge is 2.21. The molecule has 0 amide bonds. The average Bonchev–Trinajstić information content (AvgIpc) is 2.59. The Balaban J connectivity index is 2.02. The molecule has 142 valence electrons. The van der Waals surface area contributed by atoms with Gasteiger partial charge in [-0.25, -0.2) is 0 Å². The van der Waals surface area contributed by atoms with Gasteiger partial charge in [-0.15, -0.1) is 0 Å². The van der Waals surface area contributed by atoms with Crippen LogP contribution in [0.1, 0.15) is 26.3 Å². The van der Waals surface area contributed by atoms with Crippen LogP contribution in [-0.2, 0) is 15.5 Å². The molecule has 0 aliphatic heterocycles. The Morgan fingerprint density at radius 1 is 0.815 bits per heavy atom. The summed E-state index contributed by atoms with van der Waals surface area (Å²) < 4.78 is 31.3. The summed E-state index contributed by atoms with van der Waals surface area (Å²) in [4.78, 5) is 2.13. The zero-order chi connectivity index (χ0) is 19.8. The summed E-state index contributed by atoms with van der Waals surface area (Å²) in [7, 11) is -0.0817. The minimum atomic E-state index is -3.95. The van der Waals surface area contributed by atoms with Gasteiger partial charge < -0.3 is 9.08 Å². The molecule has 0 N–H and O–H groups in total. The van der Waals surface area contributed by atoms with Crippen LogP contribution < -0.4 is 9.08 Å². The van der Waals surface area contributed by atoms with Gasteiger partial charge in [0.25, 0.3) is 0 Å². The first-order valence-corrected chi connectivity index (χ1v) is 10.2. The molecule has 0 aromatic heterocycles.